The number of nitrogens with zero attached hydrogens (tertiary/aromatic N) is 1. The van der Waals surface area contributed by atoms with Gasteiger partial charge >= 0.3 is 6.03 Å². The molecule has 2 rings (SSSR count). The Balaban J connectivity index is 2.14. The largest absolute Gasteiger partial charge is 0.491 e. The lowest BCUT2D eigenvalue weighted by atomic mass is 10.0. The van der Waals surface area contributed by atoms with Gasteiger partial charge in [0.05, 0.1) is 6.61 Å². The summed E-state index contributed by atoms with van der Waals surface area (Å²) < 4.78 is 11.3. The van der Waals surface area contributed by atoms with E-state index >= 15 is 0 Å². The molecule has 0 saturated heterocycles. The van der Waals surface area contributed by atoms with Crippen LogP contribution in [-0.2, 0) is 4.74 Å². The number of carbonyl (C=O) groups is 1. The summed E-state index contributed by atoms with van der Waals surface area (Å²) in [4.78, 5) is 14.4. The molecule has 0 atom stereocenters. The van der Waals surface area contributed by atoms with Gasteiger partial charge in [-0.15, -0.1) is 0 Å². The lowest BCUT2D eigenvalue weighted by Gasteiger charge is -2.22. The molecule has 0 saturated carbocycles. The van der Waals surface area contributed by atoms with Gasteiger partial charge in [0.15, 0.2) is 0 Å². The highest BCUT2D eigenvalue weighted by atomic mass is 16.5. The van der Waals surface area contributed by atoms with E-state index in [0.717, 1.165) is 41.8 Å². The number of para-hydroxylation sites is 1. The van der Waals surface area contributed by atoms with Gasteiger partial charge in [-0.2, -0.15) is 0 Å². The number of hydrogen-bond acceptors (Lipinski definition) is 3. The Morgan fingerprint density at radius 2 is 1.83 bits per heavy atom. The van der Waals surface area contributed by atoms with E-state index in [9.17, 15) is 4.79 Å². The third-order valence-corrected chi connectivity index (χ3v) is 4.66. The first-order valence-corrected chi connectivity index (χ1v) is 10.7. The summed E-state index contributed by atoms with van der Waals surface area (Å²) in [7, 11) is 0. The van der Waals surface area contributed by atoms with Crippen LogP contribution in [0.3, 0.4) is 0 Å². The minimum atomic E-state index is -0.0537. The van der Waals surface area contributed by atoms with E-state index in [1.807, 2.05) is 62.4 Å². The van der Waals surface area contributed by atoms with Crippen molar-refractivity contribution in [2.45, 2.75) is 40.0 Å². The van der Waals surface area contributed by atoms with Gasteiger partial charge in [-0.05, 0) is 44.0 Å². The first-order chi connectivity index (χ1) is 14.2. The molecule has 2 aromatic rings. The van der Waals surface area contributed by atoms with E-state index in [0.29, 0.717) is 32.9 Å². The number of ether oxygens (including phenoxy) is 2. The third kappa shape index (κ3) is 7.09. The maximum Gasteiger partial charge on any atom is 0.321 e. The lowest BCUT2D eigenvalue weighted by Crippen LogP contribution is -2.40. The first kappa shape index (κ1) is 22.8. The minimum absolute atomic E-state index is 0.0537. The molecule has 0 fully saturated rings. The summed E-state index contributed by atoms with van der Waals surface area (Å²) >= 11 is 0. The molecule has 5 nitrogen and oxygen atoms in total. The van der Waals surface area contributed by atoms with Gasteiger partial charge in [0.1, 0.15) is 12.4 Å². The molecule has 2 aromatic carbocycles. The second kappa shape index (κ2) is 12.8. The van der Waals surface area contributed by atoms with Crippen LogP contribution < -0.4 is 15.0 Å². The molecule has 0 spiro atoms. The third-order valence-electron chi connectivity index (χ3n) is 4.66. The average molecular weight is 399 g/mol. The van der Waals surface area contributed by atoms with Crippen molar-refractivity contribution in [3.63, 3.8) is 0 Å². The number of amides is 2. The number of hydrogen-bond donors (Lipinski definition) is 1. The molecule has 1 N–H and O–H groups in total. The highest BCUT2D eigenvalue weighted by Crippen LogP contribution is 2.32. The zero-order valence-electron chi connectivity index (χ0n) is 17.9. The van der Waals surface area contributed by atoms with Crippen LogP contribution in [0.4, 0.5) is 10.5 Å². The van der Waals surface area contributed by atoms with Gasteiger partial charge in [0.25, 0.3) is 0 Å². The van der Waals surface area contributed by atoms with Crippen molar-refractivity contribution < 1.29 is 14.3 Å². The number of anilines is 1. The minimum Gasteiger partial charge on any atom is -0.491 e. The van der Waals surface area contributed by atoms with Crippen molar-refractivity contribution in [2.24, 2.45) is 0 Å². The summed E-state index contributed by atoms with van der Waals surface area (Å²) in [5.41, 5.74) is 2.90. The Hall–Kier alpha value is -2.53. The van der Waals surface area contributed by atoms with Crippen LogP contribution in [0.2, 0.25) is 0 Å². The smallest absolute Gasteiger partial charge is 0.321 e. The quantitative estimate of drug-likeness (QED) is 0.481. The van der Waals surface area contributed by atoms with Crippen LogP contribution in [0.15, 0.2) is 48.5 Å². The monoisotopic (exact) mass is 398 g/mol. The van der Waals surface area contributed by atoms with Gasteiger partial charge in [-0.3, -0.25) is 4.90 Å². The number of carbonyl (C=O) groups excluding carboxylic acids is 1. The first-order valence-electron chi connectivity index (χ1n) is 10.7. The summed E-state index contributed by atoms with van der Waals surface area (Å²) in [5.74, 6) is 0.816. The Labute approximate surface area is 175 Å². The number of nitrogens with one attached hydrogen (secondary N) is 1. The normalized spacial score (nSPS) is 10.6. The van der Waals surface area contributed by atoms with Crippen molar-refractivity contribution >= 4 is 11.7 Å². The Morgan fingerprint density at radius 3 is 2.59 bits per heavy atom. The van der Waals surface area contributed by atoms with E-state index in [1.54, 1.807) is 4.90 Å². The topological polar surface area (TPSA) is 50.8 Å². The van der Waals surface area contributed by atoms with E-state index in [-0.39, 0.29) is 6.03 Å². The van der Waals surface area contributed by atoms with E-state index in [4.69, 9.17) is 9.47 Å². The molecule has 0 aliphatic carbocycles. The molecule has 2 amide bonds. The van der Waals surface area contributed by atoms with Crippen molar-refractivity contribution in [2.75, 3.05) is 37.8 Å². The molecule has 0 radical (unpaired) electrons. The SMILES string of the molecule is CCCCCNC(=O)N(CC)c1cccc(-c2ccccc2OCCOCC)c1. The number of rotatable bonds is 12. The molecule has 0 unspecified atom stereocenters. The van der Waals surface area contributed by atoms with Crippen LogP contribution in [0.25, 0.3) is 11.1 Å². The number of benzene rings is 2. The van der Waals surface area contributed by atoms with E-state index in [1.165, 1.54) is 0 Å². The predicted molar refractivity (Wildman–Crippen MR) is 120 cm³/mol. The highest BCUT2D eigenvalue weighted by Gasteiger charge is 2.15. The summed E-state index contributed by atoms with van der Waals surface area (Å²) in [6, 6.07) is 15.9. The molecule has 0 bridgehead atoms. The molecule has 158 valence electrons. The Morgan fingerprint density at radius 1 is 1.00 bits per heavy atom. The molecule has 0 heterocycles. The summed E-state index contributed by atoms with van der Waals surface area (Å²) in [6.45, 7) is 9.18. The van der Waals surface area contributed by atoms with Crippen LogP contribution in [0.1, 0.15) is 40.0 Å². The van der Waals surface area contributed by atoms with Gasteiger partial charge in [0.2, 0.25) is 0 Å². The molecule has 29 heavy (non-hydrogen) atoms. The van der Waals surface area contributed by atoms with Gasteiger partial charge < -0.3 is 14.8 Å². The molecule has 0 aromatic heterocycles. The maximum absolute atomic E-state index is 12.6. The standard InChI is InChI=1S/C24H34N2O3/c1-4-7-10-16-25-24(27)26(5-2)21-13-11-12-20(19-21)22-14-8-9-15-23(22)29-18-17-28-6-3/h8-9,11-15,19H,4-7,10,16-18H2,1-3H3,(H,25,27). The molecule has 0 aliphatic rings. The van der Waals surface area contributed by atoms with Crippen molar-refractivity contribution in [3.05, 3.63) is 48.5 Å². The van der Waals surface area contributed by atoms with E-state index in [2.05, 4.69) is 12.2 Å². The van der Waals surface area contributed by atoms with Gasteiger partial charge in [0, 0.05) is 30.9 Å². The van der Waals surface area contributed by atoms with E-state index < -0.39 is 0 Å². The van der Waals surface area contributed by atoms with Gasteiger partial charge in [-0.25, -0.2) is 4.79 Å². The van der Waals surface area contributed by atoms with Gasteiger partial charge in [-0.1, -0.05) is 50.1 Å². The Kier molecular flexibility index (Phi) is 10.1. The van der Waals surface area contributed by atoms with Crippen LogP contribution >= 0.6 is 0 Å². The number of unbranched alkanes of at least 4 members (excludes halogenated alkanes) is 2. The highest BCUT2D eigenvalue weighted by molar-refractivity contribution is 5.92. The van der Waals surface area contributed by atoms with Crippen molar-refractivity contribution in [1.29, 1.82) is 0 Å². The Bertz CT molecular complexity index is 748. The fourth-order valence-corrected chi connectivity index (χ4v) is 3.14. The molecule has 5 heteroatoms. The maximum atomic E-state index is 12.6. The molecule has 0 aliphatic heterocycles. The molecular weight excluding hydrogens is 364 g/mol. The average Bonchev–Trinajstić information content (AvgIpc) is 2.75. The summed E-state index contributed by atoms with van der Waals surface area (Å²) in [5, 5.41) is 3.03. The fourth-order valence-electron chi connectivity index (χ4n) is 3.14. The second-order valence-corrected chi connectivity index (χ2v) is 6.78. The van der Waals surface area contributed by atoms with Crippen molar-refractivity contribution in [1.82, 2.24) is 5.32 Å². The lowest BCUT2D eigenvalue weighted by molar-refractivity contribution is 0.110. The van der Waals surface area contributed by atoms with Crippen LogP contribution in [-0.4, -0.2) is 38.9 Å². The van der Waals surface area contributed by atoms with Crippen LogP contribution in [0, 0.1) is 0 Å². The number of urea groups is 1. The summed E-state index contributed by atoms with van der Waals surface area (Å²) in [6.07, 6.45) is 3.27. The fraction of sp³-hybridized carbons (Fsp3) is 0.458. The predicted octanol–water partition coefficient (Wildman–Crippen LogP) is 5.50. The van der Waals surface area contributed by atoms with Crippen molar-refractivity contribution in [3.8, 4) is 16.9 Å². The molecular formula is C24H34N2O3. The van der Waals surface area contributed by atoms with Crippen LogP contribution in [0.5, 0.6) is 5.75 Å². The second-order valence-electron chi connectivity index (χ2n) is 6.78. The zero-order valence-corrected chi connectivity index (χ0v) is 17.9. The zero-order chi connectivity index (χ0) is 20.9.